The number of carbonyl (C=O) groups is 2. The molecular weight excluding hydrogens is 306 g/mol. The second-order valence-corrected chi connectivity index (χ2v) is 5.43. The summed E-state index contributed by atoms with van der Waals surface area (Å²) < 4.78 is 0. The number of nitrogens with one attached hydrogen (secondary N) is 1. The van der Waals surface area contributed by atoms with E-state index in [0.29, 0.717) is 17.8 Å². The second-order valence-electron chi connectivity index (χ2n) is 5.43. The van der Waals surface area contributed by atoms with E-state index < -0.39 is 18.0 Å². The Labute approximate surface area is 140 Å². The van der Waals surface area contributed by atoms with E-state index in [9.17, 15) is 14.7 Å². The number of benzene rings is 2. The third kappa shape index (κ3) is 4.33. The van der Waals surface area contributed by atoms with Gasteiger partial charge in [0.25, 0.3) is 5.91 Å². The molecule has 0 aromatic heterocycles. The number of nitrogens with zero attached hydrogens (tertiary/aromatic N) is 1. The summed E-state index contributed by atoms with van der Waals surface area (Å²) in [4.78, 5) is 24.9. The van der Waals surface area contributed by atoms with Crippen molar-refractivity contribution in [3.8, 4) is 0 Å². The van der Waals surface area contributed by atoms with Crippen molar-refractivity contribution in [1.82, 2.24) is 4.90 Å². The van der Waals surface area contributed by atoms with E-state index in [2.05, 4.69) is 5.32 Å². The van der Waals surface area contributed by atoms with E-state index in [1.54, 1.807) is 36.4 Å². The largest absolute Gasteiger partial charge is 0.465 e. The first-order chi connectivity index (χ1) is 11.5. The van der Waals surface area contributed by atoms with Crippen LogP contribution in [0.2, 0.25) is 0 Å². The Morgan fingerprint density at radius 2 is 1.75 bits per heavy atom. The van der Waals surface area contributed by atoms with Gasteiger partial charge in [0, 0.05) is 12.7 Å². The molecule has 0 aliphatic carbocycles. The molecule has 2 amide bonds. The molecule has 2 rings (SSSR count). The van der Waals surface area contributed by atoms with E-state index in [1.165, 1.54) is 7.05 Å². The number of nitrogens with two attached hydrogens (primary N) is 1. The number of hydrogen-bond acceptors (Lipinski definition) is 3. The van der Waals surface area contributed by atoms with Crippen molar-refractivity contribution < 1.29 is 14.7 Å². The fraction of sp³-hybridized carbons (Fsp3) is 0.222. The number of amides is 2. The fourth-order valence-electron chi connectivity index (χ4n) is 2.43. The van der Waals surface area contributed by atoms with Gasteiger partial charge < -0.3 is 16.2 Å². The Balaban J connectivity index is 2.20. The van der Waals surface area contributed by atoms with Crippen LogP contribution in [0.4, 0.5) is 10.5 Å². The highest BCUT2D eigenvalue weighted by molar-refractivity contribution is 5.97. The van der Waals surface area contributed by atoms with E-state index >= 15 is 0 Å². The molecule has 0 saturated carbocycles. The molecule has 0 saturated heterocycles. The van der Waals surface area contributed by atoms with Gasteiger partial charge in [-0.2, -0.15) is 0 Å². The van der Waals surface area contributed by atoms with Crippen molar-refractivity contribution in [3.63, 3.8) is 0 Å². The molecule has 0 heterocycles. The molecule has 2 aromatic carbocycles. The zero-order valence-corrected chi connectivity index (χ0v) is 13.5. The van der Waals surface area contributed by atoms with Gasteiger partial charge in [0.15, 0.2) is 0 Å². The van der Waals surface area contributed by atoms with Crippen molar-refractivity contribution in [1.29, 1.82) is 0 Å². The van der Waals surface area contributed by atoms with Crippen LogP contribution in [0.1, 0.15) is 17.2 Å². The minimum Gasteiger partial charge on any atom is -0.465 e. The number of carbonyl (C=O) groups excluding carboxylic acids is 1. The van der Waals surface area contributed by atoms with Gasteiger partial charge in [0.2, 0.25) is 0 Å². The van der Waals surface area contributed by atoms with Gasteiger partial charge in [-0.1, -0.05) is 42.5 Å². The van der Waals surface area contributed by atoms with Crippen LogP contribution < -0.4 is 11.1 Å². The molecule has 0 unspecified atom stereocenters. The third-order valence-electron chi connectivity index (χ3n) is 3.71. The Morgan fingerprint density at radius 1 is 1.12 bits per heavy atom. The lowest BCUT2D eigenvalue weighted by Crippen LogP contribution is -2.37. The van der Waals surface area contributed by atoms with Crippen LogP contribution in [0.15, 0.2) is 54.6 Å². The Hall–Kier alpha value is -2.86. The molecule has 2 aromatic rings. The van der Waals surface area contributed by atoms with Crippen molar-refractivity contribution in [2.24, 2.45) is 5.73 Å². The highest BCUT2D eigenvalue weighted by atomic mass is 16.4. The van der Waals surface area contributed by atoms with Gasteiger partial charge in [0.05, 0.1) is 0 Å². The summed E-state index contributed by atoms with van der Waals surface area (Å²) in [6.45, 7) is 0.561. The zero-order valence-electron chi connectivity index (χ0n) is 13.5. The number of hydrogen-bond donors (Lipinski definition) is 3. The summed E-state index contributed by atoms with van der Waals surface area (Å²) in [5, 5.41) is 12.0. The van der Waals surface area contributed by atoms with Gasteiger partial charge in [0.1, 0.15) is 6.04 Å². The molecule has 126 valence electrons. The molecule has 0 aliphatic rings. The van der Waals surface area contributed by atoms with Crippen molar-refractivity contribution in [2.45, 2.75) is 12.5 Å². The maximum absolute atomic E-state index is 12.6. The molecule has 0 spiro atoms. The molecular formula is C18H21N3O3. The van der Waals surface area contributed by atoms with Gasteiger partial charge in [-0.3, -0.25) is 9.69 Å². The standard InChI is InChI=1S/C18H21N3O3/c1-21(18(23)24)16(14-5-3-2-4-6-14)17(22)20-15-9-7-13(8-10-15)11-12-19/h2-10,16H,11-12,19H2,1H3,(H,20,22)(H,23,24)/t16-/m1/s1. The van der Waals surface area contributed by atoms with E-state index in [0.717, 1.165) is 16.9 Å². The lowest BCUT2D eigenvalue weighted by Gasteiger charge is -2.25. The average molecular weight is 327 g/mol. The highest BCUT2D eigenvalue weighted by Crippen LogP contribution is 2.22. The van der Waals surface area contributed by atoms with Crippen LogP contribution in [0.5, 0.6) is 0 Å². The molecule has 0 aliphatic heterocycles. The van der Waals surface area contributed by atoms with Crippen LogP contribution in [0.25, 0.3) is 0 Å². The summed E-state index contributed by atoms with van der Waals surface area (Å²) >= 11 is 0. The summed E-state index contributed by atoms with van der Waals surface area (Å²) in [7, 11) is 1.38. The molecule has 4 N–H and O–H groups in total. The predicted octanol–water partition coefficient (Wildman–Crippen LogP) is 2.48. The number of rotatable bonds is 6. The summed E-state index contributed by atoms with van der Waals surface area (Å²) in [5.41, 5.74) is 7.82. The smallest absolute Gasteiger partial charge is 0.407 e. The molecule has 0 bridgehead atoms. The van der Waals surface area contributed by atoms with Crippen LogP contribution >= 0.6 is 0 Å². The first-order valence-electron chi connectivity index (χ1n) is 7.63. The SMILES string of the molecule is CN(C(=O)O)[C@@H](C(=O)Nc1ccc(CCN)cc1)c1ccccc1. The minimum atomic E-state index is -1.17. The second kappa shape index (κ2) is 8.12. The Kier molecular flexibility index (Phi) is 5.92. The van der Waals surface area contributed by atoms with E-state index in [1.807, 2.05) is 18.2 Å². The molecule has 0 fully saturated rings. The monoisotopic (exact) mass is 327 g/mol. The fourth-order valence-corrected chi connectivity index (χ4v) is 2.43. The maximum atomic E-state index is 12.6. The maximum Gasteiger partial charge on any atom is 0.407 e. The lowest BCUT2D eigenvalue weighted by molar-refractivity contribution is -0.120. The molecule has 1 atom stereocenters. The van der Waals surface area contributed by atoms with Gasteiger partial charge >= 0.3 is 6.09 Å². The van der Waals surface area contributed by atoms with Gasteiger partial charge in [-0.15, -0.1) is 0 Å². The molecule has 0 radical (unpaired) electrons. The van der Waals surface area contributed by atoms with Crippen LogP contribution in [0, 0.1) is 0 Å². The Morgan fingerprint density at radius 3 is 2.29 bits per heavy atom. The zero-order chi connectivity index (χ0) is 17.5. The summed E-state index contributed by atoms with van der Waals surface area (Å²) in [6.07, 6.45) is -0.403. The van der Waals surface area contributed by atoms with Crippen molar-refractivity contribution in [3.05, 3.63) is 65.7 Å². The quantitative estimate of drug-likeness (QED) is 0.759. The van der Waals surface area contributed by atoms with Crippen LogP contribution in [-0.2, 0) is 11.2 Å². The Bertz CT molecular complexity index is 686. The number of carboxylic acid groups (broad SMARTS) is 1. The lowest BCUT2D eigenvalue weighted by atomic mass is 10.0. The van der Waals surface area contributed by atoms with E-state index in [4.69, 9.17) is 5.73 Å². The summed E-state index contributed by atoms with van der Waals surface area (Å²) in [5.74, 6) is -0.405. The highest BCUT2D eigenvalue weighted by Gasteiger charge is 2.28. The summed E-state index contributed by atoms with van der Waals surface area (Å²) in [6, 6.07) is 15.2. The van der Waals surface area contributed by atoms with Gasteiger partial charge in [-0.25, -0.2) is 4.79 Å². The number of likely N-dealkylation sites (N-methyl/N-ethyl adjacent to an activating group) is 1. The average Bonchev–Trinajstić information content (AvgIpc) is 2.58. The van der Waals surface area contributed by atoms with Crippen molar-refractivity contribution in [2.75, 3.05) is 18.9 Å². The first kappa shape index (κ1) is 17.5. The number of anilines is 1. The van der Waals surface area contributed by atoms with Crippen LogP contribution in [0.3, 0.4) is 0 Å². The van der Waals surface area contributed by atoms with E-state index in [-0.39, 0.29) is 0 Å². The normalized spacial score (nSPS) is 11.6. The molecule has 6 heteroatoms. The minimum absolute atomic E-state index is 0.405. The van der Waals surface area contributed by atoms with Gasteiger partial charge in [-0.05, 0) is 36.2 Å². The topological polar surface area (TPSA) is 95.7 Å². The molecule has 6 nitrogen and oxygen atoms in total. The van der Waals surface area contributed by atoms with Crippen LogP contribution in [-0.4, -0.2) is 35.6 Å². The predicted molar refractivity (Wildman–Crippen MR) is 92.8 cm³/mol. The third-order valence-corrected chi connectivity index (χ3v) is 3.71. The van der Waals surface area contributed by atoms with Crippen molar-refractivity contribution >= 4 is 17.7 Å². The first-order valence-corrected chi connectivity index (χ1v) is 7.63. The molecule has 24 heavy (non-hydrogen) atoms.